The summed E-state index contributed by atoms with van der Waals surface area (Å²) in [6.07, 6.45) is 5.50. The van der Waals surface area contributed by atoms with Gasteiger partial charge < -0.3 is 9.80 Å². The van der Waals surface area contributed by atoms with Gasteiger partial charge in [0.05, 0.1) is 0 Å². The van der Waals surface area contributed by atoms with E-state index >= 15 is 0 Å². The Morgan fingerprint density at radius 2 is 1.29 bits per heavy atom. The maximum absolute atomic E-state index is 2.87. The number of benzene rings is 5. The summed E-state index contributed by atoms with van der Waals surface area (Å²) in [6.45, 7) is 19.1. The second-order valence-corrected chi connectivity index (χ2v) is 18.1. The molecule has 0 N–H and O–H groups in total. The van der Waals surface area contributed by atoms with Crippen LogP contribution in [0.1, 0.15) is 104 Å². The summed E-state index contributed by atoms with van der Waals surface area (Å²) >= 11 is 0. The Balaban J connectivity index is 1.39. The zero-order valence-corrected chi connectivity index (χ0v) is 30.8. The molecule has 248 valence electrons. The van der Waals surface area contributed by atoms with Crippen LogP contribution >= 0.6 is 0 Å². The number of rotatable bonds is 3. The summed E-state index contributed by atoms with van der Waals surface area (Å²) < 4.78 is 0. The normalized spacial score (nSPS) is 21.0. The molecule has 2 saturated carbocycles. The third kappa shape index (κ3) is 4.82. The van der Waals surface area contributed by atoms with Crippen LogP contribution in [0.3, 0.4) is 0 Å². The molecule has 49 heavy (non-hydrogen) atoms. The molecule has 0 amide bonds. The molecular weight excluding hydrogens is 591 g/mol. The van der Waals surface area contributed by atoms with Gasteiger partial charge in [-0.3, -0.25) is 0 Å². The summed E-state index contributed by atoms with van der Waals surface area (Å²) in [7, 11) is 0. The molecule has 2 heterocycles. The molecule has 3 heteroatoms. The Bertz CT molecular complexity index is 2130. The molecule has 0 aromatic heterocycles. The van der Waals surface area contributed by atoms with Gasteiger partial charge in [-0.05, 0) is 128 Å². The SMILES string of the molecule is CC(C)c1cc2c3c(c1)N(C1CC4CCC1C4)c1ccc(C(C)(C)C)cc1B3c1cc(C(C)(C)C)ccc1N2c1ccc2ccccc2c1. The van der Waals surface area contributed by atoms with Crippen LogP contribution in [0, 0.1) is 11.8 Å². The average molecular weight is 643 g/mol. The summed E-state index contributed by atoms with van der Waals surface area (Å²) in [5.74, 6) is 2.07. The molecule has 2 bridgehead atoms. The average Bonchev–Trinajstić information content (AvgIpc) is 3.70. The molecule has 2 aliphatic heterocycles. The van der Waals surface area contributed by atoms with Gasteiger partial charge in [-0.25, -0.2) is 0 Å². The van der Waals surface area contributed by atoms with Gasteiger partial charge >= 0.3 is 0 Å². The van der Waals surface area contributed by atoms with Gasteiger partial charge in [0.2, 0.25) is 0 Å². The number of hydrogen-bond donors (Lipinski definition) is 0. The summed E-state index contributed by atoms with van der Waals surface area (Å²) in [4.78, 5) is 5.48. The third-order valence-corrected chi connectivity index (χ3v) is 12.5. The van der Waals surface area contributed by atoms with Crippen molar-refractivity contribution < 1.29 is 0 Å². The van der Waals surface area contributed by atoms with Crippen LogP contribution in [0.4, 0.5) is 28.4 Å². The lowest BCUT2D eigenvalue weighted by Crippen LogP contribution is -2.63. The van der Waals surface area contributed by atoms with Crippen molar-refractivity contribution in [3.8, 4) is 0 Å². The van der Waals surface area contributed by atoms with E-state index in [0.29, 0.717) is 12.0 Å². The highest BCUT2D eigenvalue weighted by Crippen LogP contribution is 2.52. The molecule has 0 spiro atoms. The minimum absolute atomic E-state index is 0.0489. The monoisotopic (exact) mass is 642 g/mol. The number of nitrogens with zero attached hydrogens (tertiary/aromatic N) is 2. The molecular formula is C46H51BN2. The van der Waals surface area contributed by atoms with Crippen LogP contribution in [0.5, 0.6) is 0 Å². The first kappa shape index (κ1) is 31.0. The fourth-order valence-corrected chi connectivity index (χ4v) is 9.80. The largest absolute Gasteiger partial charge is 0.339 e. The van der Waals surface area contributed by atoms with Gasteiger partial charge in [-0.2, -0.15) is 0 Å². The van der Waals surface area contributed by atoms with Crippen LogP contribution in [0.25, 0.3) is 10.8 Å². The van der Waals surface area contributed by atoms with Crippen LogP contribution in [-0.4, -0.2) is 12.8 Å². The minimum atomic E-state index is 0.0489. The smallest absolute Gasteiger partial charge is 0.252 e. The van der Waals surface area contributed by atoms with E-state index in [1.807, 2.05) is 0 Å². The standard InChI is InChI=1S/C46H51BN2/c1-28(2)33-24-42-44-43(25-33)49(41-22-29-13-14-32(41)21-29)40-20-17-35(46(6,7)8)27-38(40)47(44)37-26-34(45(3,4)5)16-19-39(37)48(42)36-18-15-30-11-9-10-12-31(30)23-36/h9-12,15-20,23-29,32,41H,13-14,21-22H2,1-8H3. The lowest BCUT2D eigenvalue weighted by atomic mass is 9.33. The minimum Gasteiger partial charge on any atom is -0.339 e. The molecule has 5 aromatic rings. The number of hydrogen-bond acceptors (Lipinski definition) is 2. The molecule has 4 aliphatic rings. The van der Waals surface area contributed by atoms with Crippen molar-refractivity contribution in [2.45, 2.75) is 104 Å². The van der Waals surface area contributed by atoms with Gasteiger partial charge in [0.1, 0.15) is 0 Å². The molecule has 2 fully saturated rings. The molecule has 2 aliphatic carbocycles. The highest BCUT2D eigenvalue weighted by atomic mass is 15.2. The second kappa shape index (κ2) is 10.8. The number of fused-ring (bicyclic) bond motifs is 7. The molecule has 5 aromatic carbocycles. The van der Waals surface area contributed by atoms with E-state index in [1.165, 1.54) is 98.0 Å². The van der Waals surface area contributed by atoms with Crippen molar-refractivity contribution in [2.75, 3.05) is 9.80 Å². The Morgan fingerprint density at radius 3 is 1.92 bits per heavy atom. The molecule has 2 nitrogen and oxygen atoms in total. The maximum atomic E-state index is 2.87. The van der Waals surface area contributed by atoms with E-state index in [4.69, 9.17) is 0 Å². The van der Waals surface area contributed by atoms with E-state index in [1.54, 1.807) is 0 Å². The predicted molar refractivity (Wildman–Crippen MR) is 213 cm³/mol. The van der Waals surface area contributed by atoms with Crippen molar-refractivity contribution in [3.63, 3.8) is 0 Å². The van der Waals surface area contributed by atoms with Crippen molar-refractivity contribution in [1.29, 1.82) is 0 Å². The van der Waals surface area contributed by atoms with Gasteiger partial charge in [0.15, 0.2) is 0 Å². The predicted octanol–water partition coefficient (Wildman–Crippen LogP) is 10.5. The second-order valence-electron chi connectivity index (χ2n) is 18.1. The van der Waals surface area contributed by atoms with E-state index in [9.17, 15) is 0 Å². The Labute approximate surface area is 294 Å². The molecule has 3 unspecified atom stereocenters. The zero-order valence-electron chi connectivity index (χ0n) is 30.8. The van der Waals surface area contributed by atoms with Gasteiger partial charge in [-0.15, -0.1) is 0 Å². The lowest BCUT2D eigenvalue weighted by Gasteiger charge is -2.48. The van der Waals surface area contributed by atoms with Gasteiger partial charge in [0, 0.05) is 34.5 Å². The van der Waals surface area contributed by atoms with Crippen LogP contribution in [0.15, 0.2) is 91.0 Å². The Kier molecular flexibility index (Phi) is 6.82. The molecule has 9 rings (SSSR count). The quantitative estimate of drug-likeness (QED) is 0.177. The number of anilines is 5. The van der Waals surface area contributed by atoms with Crippen molar-refractivity contribution in [3.05, 3.63) is 108 Å². The third-order valence-electron chi connectivity index (χ3n) is 12.5. The fraction of sp³-hybridized carbons (Fsp3) is 0.391. The van der Waals surface area contributed by atoms with E-state index < -0.39 is 0 Å². The first-order valence-corrected chi connectivity index (χ1v) is 18.9. The molecule has 3 atom stereocenters. The van der Waals surface area contributed by atoms with Gasteiger partial charge in [0.25, 0.3) is 6.71 Å². The van der Waals surface area contributed by atoms with Crippen molar-refractivity contribution in [1.82, 2.24) is 0 Å². The van der Waals surface area contributed by atoms with Gasteiger partial charge in [-0.1, -0.05) is 116 Å². The maximum Gasteiger partial charge on any atom is 0.252 e. The Hall–Kier alpha value is -3.98. The Morgan fingerprint density at radius 1 is 0.633 bits per heavy atom. The summed E-state index contributed by atoms with van der Waals surface area (Å²) in [6, 6.07) is 36.5. The van der Waals surface area contributed by atoms with Crippen LogP contribution < -0.4 is 26.2 Å². The first-order valence-electron chi connectivity index (χ1n) is 18.9. The van der Waals surface area contributed by atoms with E-state index in [0.717, 1.165) is 11.8 Å². The van der Waals surface area contributed by atoms with E-state index in [-0.39, 0.29) is 17.5 Å². The highest BCUT2D eigenvalue weighted by molar-refractivity contribution is 7.00. The topological polar surface area (TPSA) is 6.48 Å². The molecule has 0 radical (unpaired) electrons. The van der Waals surface area contributed by atoms with Crippen LogP contribution in [0.2, 0.25) is 0 Å². The first-order chi connectivity index (χ1) is 23.4. The zero-order chi connectivity index (χ0) is 34.0. The van der Waals surface area contributed by atoms with E-state index in [2.05, 4.69) is 156 Å². The van der Waals surface area contributed by atoms with Crippen molar-refractivity contribution in [2.24, 2.45) is 11.8 Å². The lowest BCUT2D eigenvalue weighted by molar-refractivity contribution is 0.413. The fourth-order valence-electron chi connectivity index (χ4n) is 9.80. The summed E-state index contributed by atoms with van der Waals surface area (Å²) in [5, 5.41) is 2.57. The summed E-state index contributed by atoms with van der Waals surface area (Å²) in [5.41, 5.74) is 15.6. The van der Waals surface area contributed by atoms with Crippen molar-refractivity contribution >= 4 is 62.3 Å². The highest BCUT2D eigenvalue weighted by Gasteiger charge is 2.49. The van der Waals surface area contributed by atoms with Crippen LogP contribution in [-0.2, 0) is 10.8 Å². The molecule has 0 saturated heterocycles.